The molecule has 0 radical (unpaired) electrons. The summed E-state index contributed by atoms with van der Waals surface area (Å²) in [5.41, 5.74) is 6.61. The topological polar surface area (TPSA) is 78.9 Å². The molecule has 0 aliphatic rings. The fraction of sp³-hybridized carbons (Fsp3) is 0.273. The summed E-state index contributed by atoms with van der Waals surface area (Å²) >= 11 is 3.28. The van der Waals surface area contributed by atoms with Crippen molar-refractivity contribution in [2.75, 3.05) is 5.73 Å². The molecule has 1 aromatic rings. The number of halogens is 1. The Balaban J connectivity index is 2.81. The van der Waals surface area contributed by atoms with Crippen molar-refractivity contribution >= 4 is 27.5 Å². The molecule has 0 aliphatic heterocycles. The van der Waals surface area contributed by atoms with Crippen LogP contribution in [0.5, 0.6) is 0 Å². The second-order valence-corrected chi connectivity index (χ2v) is 4.33. The van der Waals surface area contributed by atoms with E-state index in [0.717, 1.165) is 0 Å². The van der Waals surface area contributed by atoms with Crippen LogP contribution in [0.4, 0.5) is 5.69 Å². The number of anilines is 1. The molecule has 1 rings (SSSR count). The Morgan fingerprint density at radius 3 is 3.00 bits per heavy atom. The van der Waals surface area contributed by atoms with E-state index in [1.165, 1.54) is 0 Å². The second-order valence-electron chi connectivity index (χ2n) is 3.48. The second kappa shape index (κ2) is 5.52. The smallest absolute Gasteiger partial charge is 0.252 e. The number of hydrogen-bond acceptors (Lipinski definition) is 3. The van der Waals surface area contributed by atoms with Crippen LogP contribution >= 0.6 is 15.9 Å². The molecule has 84 valence electrons. The molecule has 1 aromatic carbocycles. The van der Waals surface area contributed by atoms with Crippen molar-refractivity contribution in [2.45, 2.75) is 19.4 Å². The molecule has 5 heteroatoms. The molecule has 0 heterocycles. The highest BCUT2D eigenvalue weighted by Crippen LogP contribution is 2.19. The monoisotopic (exact) mass is 281 g/mol. The molecule has 0 fully saturated rings. The lowest BCUT2D eigenvalue weighted by atomic mass is 10.1. The van der Waals surface area contributed by atoms with Crippen molar-refractivity contribution in [2.24, 2.45) is 0 Å². The van der Waals surface area contributed by atoms with Crippen molar-refractivity contribution in [1.29, 1.82) is 5.26 Å². The summed E-state index contributed by atoms with van der Waals surface area (Å²) in [6, 6.07) is 6.85. The predicted octanol–water partition coefficient (Wildman–Crippen LogP) is 2.06. The summed E-state index contributed by atoms with van der Waals surface area (Å²) < 4.78 is 0.684. The number of rotatable bonds is 3. The molecule has 1 amide bonds. The lowest BCUT2D eigenvalue weighted by Crippen LogP contribution is -2.32. The first-order chi connectivity index (χ1) is 7.54. The summed E-state index contributed by atoms with van der Waals surface area (Å²) in [6.45, 7) is 1.78. The normalized spacial score (nSPS) is 11.6. The minimum absolute atomic E-state index is 0.175. The van der Waals surface area contributed by atoms with E-state index in [4.69, 9.17) is 11.0 Å². The molecule has 0 saturated heterocycles. The first-order valence-electron chi connectivity index (χ1n) is 4.77. The zero-order valence-electron chi connectivity index (χ0n) is 8.83. The Kier molecular flexibility index (Phi) is 4.32. The number of nitrogens with one attached hydrogen (secondary N) is 1. The van der Waals surface area contributed by atoms with Gasteiger partial charge in [0.2, 0.25) is 0 Å². The largest absolute Gasteiger partial charge is 0.399 e. The van der Waals surface area contributed by atoms with Crippen LogP contribution in [0.15, 0.2) is 22.7 Å². The van der Waals surface area contributed by atoms with E-state index in [2.05, 4.69) is 21.2 Å². The summed E-state index contributed by atoms with van der Waals surface area (Å²) in [6.07, 6.45) is 0.283. The molecule has 16 heavy (non-hydrogen) atoms. The van der Waals surface area contributed by atoms with Gasteiger partial charge in [0.25, 0.3) is 5.91 Å². The van der Waals surface area contributed by atoms with Crippen molar-refractivity contribution in [1.82, 2.24) is 5.32 Å². The minimum Gasteiger partial charge on any atom is -0.399 e. The van der Waals surface area contributed by atoms with Crippen LogP contribution in [0.2, 0.25) is 0 Å². The van der Waals surface area contributed by atoms with E-state index < -0.39 is 0 Å². The van der Waals surface area contributed by atoms with Gasteiger partial charge in [-0.25, -0.2) is 0 Å². The zero-order valence-corrected chi connectivity index (χ0v) is 10.4. The Morgan fingerprint density at radius 1 is 1.69 bits per heavy atom. The average Bonchev–Trinajstić information content (AvgIpc) is 2.21. The van der Waals surface area contributed by atoms with E-state index in [0.29, 0.717) is 15.7 Å². The van der Waals surface area contributed by atoms with Crippen LogP contribution in [0.3, 0.4) is 0 Å². The highest BCUT2D eigenvalue weighted by molar-refractivity contribution is 9.10. The Hall–Kier alpha value is -1.54. The molecule has 0 aromatic heterocycles. The molecule has 0 spiro atoms. The molecular formula is C11H12BrN3O. The van der Waals surface area contributed by atoms with Crippen molar-refractivity contribution in [3.05, 3.63) is 28.2 Å². The molecule has 0 bridgehead atoms. The van der Waals surface area contributed by atoms with Crippen LogP contribution in [-0.2, 0) is 0 Å². The molecule has 1 unspecified atom stereocenters. The summed E-state index contributed by atoms with van der Waals surface area (Å²) in [5.74, 6) is -0.234. The molecule has 0 saturated carbocycles. The third-order valence-corrected chi connectivity index (χ3v) is 2.70. The van der Waals surface area contributed by atoms with E-state index in [1.807, 2.05) is 6.07 Å². The number of carbonyl (C=O) groups excluding carboxylic acids is 1. The summed E-state index contributed by atoms with van der Waals surface area (Å²) in [5, 5.41) is 11.2. The van der Waals surface area contributed by atoms with Gasteiger partial charge in [0.15, 0.2) is 0 Å². The highest BCUT2D eigenvalue weighted by Gasteiger charge is 2.12. The van der Waals surface area contributed by atoms with E-state index in [-0.39, 0.29) is 18.4 Å². The number of amides is 1. The first-order valence-corrected chi connectivity index (χ1v) is 5.56. The number of nitrogens with zero attached hydrogens (tertiary/aromatic N) is 1. The van der Waals surface area contributed by atoms with Gasteiger partial charge in [0.05, 0.1) is 18.1 Å². The average molecular weight is 282 g/mol. The van der Waals surface area contributed by atoms with Gasteiger partial charge in [-0.05, 0) is 41.1 Å². The number of benzene rings is 1. The van der Waals surface area contributed by atoms with Gasteiger partial charge < -0.3 is 11.1 Å². The third kappa shape index (κ3) is 3.24. The first kappa shape index (κ1) is 12.5. The lowest BCUT2D eigenvalue weighted by molar-refractivity contribution is 0.0940. The van der Waals surface area contributed by atoms with Crippen molar-refractivity contribution < 1.29 is 4.79 Å². The number of hydrogen-bond donors (Lipinski definition) is 2. The molecule has 4 nitrogen and oxygen atoms in total. The van der Waals surface area contributed by atoms with Crippen LogP contribution in [0.25, 0.3) is 0 Å². The van der Waals surface area contributed by atoms with Crippen LogP contribution in [-0.4, -0.2) is 11.9 Å². The Bertz CT molecular complexity index is 439. The zero-order chi connectivity index (χ0) is 12.1. The maximum atomic E-state index is 11.8. The van der Waals surface area contributed by atoms with Gasteiger partial charge >= 0.3 is 0 Å². The Morgan fingerprint density at radius 2 is 2.38 bits per heavy atom. The van der Waals surface area contributed by atoms with E-state index in [1.54, 1.807) is 25.1 Å². The highest BCUT2D eigenvalue weighted by atomic mass is 79.9. The molecule has 1 atom stereocenters. The van der Waals surface area contributed by atoms with E-state index >= 15 is 0 Å². The summed E-state index contributed by atoms with van der Waals surface area (Å²) in [4.78, 5) is 11.8. The van der Waals surface area contributed by atoms with Crippen LogP contribution in [0.1, 0.15) is 23.7 Å². The van der Waals surface area contributed by atoms with Crippen molar-refractivity contribution in [3.8, 4) is 6.07 Å². The fourth-order valence-electron chi connectivity index (χ4n) is 1.21. The lowest BCUT2D eigenvalue weighted by Gasteiger charge is -2.11. The van der Waals surface area contributed by atoms with Crippen molar-refractivity contribution in [3.63, 3.8) is 0 Å². The van der Waals surface area contributed by atoms with Gasteiger partial charge in [-0.3, -0.25) is 4.79 Å². The van der Waals surface area contributed by atoms with Crippen LogP contribution in [0, 0.1) is 11.3 Å². The maximum absolute atomic E-state index is 11.8. The minimum atomic E-state index is -0.234. The molecular weight excluding hydrogens is 270 g/mol. The van der Waals surface area contributed by atoms with Gasteiger partial charge in [-0.15, -0.1) is 0 Å². The predicted molar refractivity (Wildman–Crippen MR) is 65.7 cm³/mol. The van der Waals surface area contributed by atoms with Crippen LogP contribution < -0.4 is 11.1 Å². The molecule has 0 aliphatic carbocycles. The number of nitrogens with two attached hydrogens (primary N) is 1. The SMILES string of the molecule is CC(CC#N)NC(=O)c1cc(N)ccc1Br. The fourth-order valence-corrected chi connectivity index (χ4v) is 1.63. The van der Waals surface area contributed by atoms with E-state index in [9.17, 15) is 4.79 Å². The number of nitriles is 1. The summed E-state index contributed by atoms with van der Waals surface area (Å²) in [7, 11) is 0. The van der Waals surface area contributed by atoms with Gasteiger partial charge in [0, 0.05) is 16.2 Å². The van der Waals surface area contributed by atoms with Gasteiger partial charge in [0.1, 0.15) is 0 Å². The third-order valence-electron chi connectivity index (χ3n) is 2.01. The number of carbonyl (C=O) groups is 1. The maximum Gasteiger partial charge on any atom is 0.252 e. The quantitative estimate of drug-likeness (QED) is 0.833. The Labute approximate surface area is 103 Å². The molecule has 3 N–H and O–H groups in total. The van der Waals surface area contributed by atoms with Gasteiger partial charge in [-0.1, -0.05) is 0 Å². The van der Waals surface area contributed by atoms with Gasteiger partial charge in [-0.2, -0.15) is 5.26 Å². The standard InChI is InChI=1S/C11H12BrN3O/c1-7(4-5-13)15-11(16)9-6-8(14)2-3-10(9)12/h2-3,6-7H,4,14H2,1H3,(H,15,16). The number of nitrogen functional groups attached to an aromatic ring is 1.